The van der Waals surface area contributed by atoms with Crippen LogP contribution in [0.25, 0.3) is 0 Å². The highest BCUT2D eigenvalue weighted by molar-refractivity contribution is 5.94. The number of esters is 1. The maximum absolute atomic E-state index is 15.2. The lowest BCUT2D eigenvalue weighted by Gasteiger charge is -2.54. The van der Waals surface area contributed by atoms with E-state index in [9.17, 15) is 41.5 Å². The molecule has 3 aliphatic heterocycles. The lowest BCUT2D eigenvalue weighted by Crippen LogP contribution is -2.71. The van der Waals surface area contributed by atoms with Gasteiger partial charge >= 0.3 is 18.1 Å². The van der Waals surface area contributed by atoms with Crippen molar-refractivity contribution in [2.45, 2.75) is 101 Å². The molecule has 3 N–H and O–H groups in total. The summed E-state index contributed by atoms with van der Waals surface area (Å²) in [6, 6.07) is -6.15. The van der Waals surface area contributed by atoms with Gasteiger partial charge in [0.15, 0.2) is 0 Å². The summed E-state index contributed by atoms with van der Waals surface area (Å²) >= 11 is 0. The zero-order valence-electron chi connectivity index (χ0n) is 24.1. The number of rotatable bonds is 11. The maximum atomic E-state index is 15.2. The maximum Gasteiger partial charge on any atom is 0.471 e. The van der Waals surface area contributed by atoms with Crippen molar-refractivity contribution < 1.29 is 55.1 Å². The molecule has 5 rings (SSSR count). The molecule has 0 unspecified atom stereocenters. The topological polar surface area (TPSA) is 134 Å². The molecule has 16 heteroatoms. The van der Waals surface area contributed by atoms with Gasteiger partial charge in [-0.2, -0.15) is 17.6 Å². The quantitative estimate of drug-likeness (QED) is 0.181. The average Bonchev–Trinajstić information content (AvgIpc) is 3.31. The van der Waals surface area contributed by atoms with Crippen LogP contribution in [0.3, 0.4) is 0 Å². The van der Waals surface area contributed by atoms with Crippen LogP contribution < -0.4 is 16.0 Å². The Morgan fingerprint density at radius 1 is 1.09 bits per heavy atom. The molecule has 0 aromatic carbocycles. The number of hydrogen-bond donors (Lipinski definition) is 3. The van der Waals surface area contributed by atoms with Crippen molar-refractivity contribution in [3.63, 3.8) is 0 Å². The van der Waals surface area contributed by atoms with Crippen LogP contribution in [0, 0.1) is 17.8 Å². The number of fused-ring (bicyclic) bond motifs is 3. The van der Waals surface area contributed by atoms with E-state index in [1.807, 2.05) is 0 Å². The second kappa shape index (κ2) is 13.3. The molecule has 0 spiro atoms. The smallest absolute Gasteiger partial charge is 0.461 e. The largest absolute Gasteiger partial charge is 0.471 e. The monoisotopic (exact) mass is 638 g/mol. The van der Waals surface area contributed by atoms with Gasteiger partial charge in [-0.3, -0.25) is 19.2 Å². The molecule has 6 atom stereocenters. The normalized spacial score (nSPS) is 28.0. The predicted molar refractivity (Wildman–Crippen MR) is 140 cm³/mol. The number of nitrogens with zero attached hydrogens (tertiary/aromatic N) is 1. The van der Waals surface area contributed by atoms with Gasteiger partial charge in [-0.05, 0) is 51.0 Å². The van der Waals surface area contributed by atoms with Crippen LogP contribution in [-0.4, -0.2) is 83.9 Å². The Balaban J connectivity index is 1.64. The number of alkyl halides is 5. The van der Waals surface area contributed by atoms with Gasteiger partial charge < -0.3 is 25.6 Å². The standard InChI is InChI=1S/C28H36F6N4O6/c1-2-44-25(42)19(29)12-16(11-15-8-9-35-22(15)39)36-23(40)21-18-7-6-17(13-27(18,30)31)38(21)24(41)20(10-14-4-3-5-14)37-26(43)28(32,33)34/h12,14-18,20-21H,2-11,13H2,1H3,(H,35,39)(H,36,40)(H,37,43)/b19-12-/t15-,16+,17-,18-,20+,21-/m0/s1. The fourth-order valence-corrected chi connectivity index (χ4v) is 6.59. The molecule has 0 radical (unpaired) electrons. The Kier molecular flexibility index (Phi) is 10.2. The highest BCUT2D eigenvalue weighted by Gasteiger charge is 2.61. The molecule has 5 aliphatic rings. The van der Waals surface area contributed by atoms with Gasteiger partial charge in [0, 0.05) is 24.9 Å². The number of amides is 4. The Morgan fingerprint density at radius 2 is 1.80 bits per heavy atom. The van der Waals surface area contributed by atoms with Gasteiger partial charge in [0.1, 0.15) is 12.1 Å². The third kappa shape index (κ3) is 7.48. The first kappa shape index (κ1) is 33.6. The minimum Gasteiger partial charge on any atom is -0.461 e. The van der Waals surface area contributed by atoms with E-state index in [4.69, 9.17) is 0 Å². The summed E-state index contributed by atoms with van der Waals surface area (Å²) in [5.74, 6) is -13.7. The van der Waals surface area contributed by atoms with Crippen molar-refractivity contribution >= 4 is 29.6 Å². The van der Waals surface area contributed by atoms with E-state index in [0.29, 0.717) is 31.9 Å². The minimum absolute atomic E-state index is 0.0577. The molecule has 2 bridgehead atoms. The SMILES string of the molecule is CCOC(=O)/C(F)=C/[C@@H](C[C@@H]1CCNC1=O)NC(=O)[C@@H]1[C@@H]2CC[C@@H](CC2(F)F)N1C(=O)[C@@H](CC1CCC1)NC(=O)C(F)(F)F. The van der Waals surface area contributed by atoms with Crippen molar-refractivity contribution in [1.29, 1.82) is 0 Å². The van der Waals surface area contributed by atoms with Gasteiger partial charge in [0.25, 0.3) is 5.92 Å². The summed E-state index contributed by atoms with van der Waals surface area (Å²) < 4.78 is 89.1. The van der Waals surface area contributed by atoms with Crippen molar-refractivity contribution in [3.8, 4) is 0 Å². The lowest BCUT2D eigenvalue weighted by atomic mass is 9.71. The van der Waals surface area contributed by atoms with Crippen LogP contribution in [0.4, 0.5) is 26.3 Å². The zero-order valence-corrected chi connectivity index (χ0v) is 24.1. The molecule has 44 heavy (non-hydrogen) atoms. The summed E-state index contributed by atoms with van der Waals surface area (Å²) in [5, 5.41) is 6.69. The summed E-state index contributed by atoms with van der Waals surface area (Å²) in [6.07, 6.45) is -3.60. The summed E-state index contributed by atoms with van der Waals surface area (Å²) in [5.41, 5.74) is 0. The highest BCUT2D eigenvalue weighted by atomic mass is 19.4. The molecule has 4 amide bonds. The number of hydrogen-bond acceptors (Lipinski definition) is 6. The fourth-order valence-electron chi connectivity index (χ4n) is 6.59. The summed E-state index contributed by atoms with van der Waals surface area (Å²) in [7, 11) is 0. The number of carbonyl (C=O) groups excluding carboxylic acids is 5. The Morgan fingerprint density at radius 3 is 2.34 bits per heavy atom. The van der Waals surface area contributed by atoms with Crippen LogP contribution >= 0.6 is 0 Å². The second-order valence-corrected chi connectivity index (χ2v) is 11.9. The average molecular weight is 639 g/mol. The van der Waals surface area contributed by atoms with Crippen LogP contribution in [0.5, 0.6) is 0 Å². The van der Waals surface area contributed by atoms with Crippen LogP contribution in [0.1, 0.15) is 64.7 Å². The van der Waals surface area contributed by atoms with Crippen molar-refractivity contribution in [1.82, 2.24) is 20.9 Å². The van der Waals surface area contributed by atoms with Crippen molar-refractivity contribution in [2.24, 2.45) is 17.8 Å². The molecule has 3 heterocycles. The summed E-state index contributed by atoms with van der Waals surface area (Å²) in [6.45, 7) is 1.58. The highest BCUT2D eigenvalue weighted by Crippen LogP contribution is 2.49. The molecule has 0 aromatic heterocycles. The van der Waals surface area contributed by atoms with Crippen LogP contribution in [-0.2, 0) is 28.7 Å². The molecule has 0 aromatic rings. The Labute approximate surface area is 249 Å². The van der Waals surface area contributed by atoms with E-state index in [-0.39, 0.29) is 38.2 Å². The molecular weight excluding hydrogens is 602 g/mol. The van der Waals surface area contributed by atoms with Crippen molar-refractivity contribution in [2.75, 3.05) is 13.2 Å². The van der Waals surface area contributed by atoms with E-state index in [1.54, 1.807) is 5.32 Å². The number of ether oxygens (including phenoxy) is 1. The van der Waals surface area contributed by atoms with E-state index in [2.05, 4.69) is 15.4 Å². The second-order valence-electron chi connectivity index (χ2n) is 11.9. The summed E-state index contributed by atoms with van der Waals surface area (Å²) in [4.78, 5) is 64.4. The molecule has 2 aliphatic carbocycles. The zero-order chi connectivity index (χ0) is 32.4. The fraction of sp³-hybridized carbons (Fsp3) is 0.750. The number of nitrogens with one attached hydrogen (secondary N) is 3. The van der Waals surface area contributed by atoms with Crippen LogP contribution in [0.15, 0.2) is 11.9 Å². The first-order chi connectivity index (χ1) is 20.6. The number of halogens is 6. The molecule has 5 fully saturated rings. The van der Waals surface area contributed by atoms with Gasteiger partial charge in [-0.25, -0.2) is 13.6 Å². The first-order valence-corrected chi connectivity index (χ1v) is 14.8. The van der Waals surface area contributed by atoms with E-state index in [0.717, 1.165) is 11.3 Å². The molecule has 10 nitrogen and oxygen atoms in total. The number of piperidine rings is 2. The number of carbonyl (C=O) groups is 5. The van der Waals surface area contributed by atoms with E-state index >= 15 is 8.78 Å². The van der Waals surface area contributed by atoms with E-state index < -0.39 is 89.9 Å². The van der Waals surface area contributed by atoms with Crippen LogP contribution in [0.2, 0.25) is 0 Å². The molecular formula is C28H36F6N4O6. The molecule has 2 saturated carbocycles. The lowest BCUT2D eigenvalue weighted by molar-refractivity contribution is -0.196. The minimum atomic E-state index is -5.31. The van der Waals surface area contributed by atoms with Gasteiger partial charge in [-0.1, -0.05) is 19.3 Å². The van der Waals surface area contributed by atoms with E-state index in [1.165, 1.54) is 6.92 Å². The first-order valence-electron chi connectivity index (χ1n) is 14.8. The third-order valence-electron chi connectivity index (χ3n) is 8.96. The predicted octanol–water partition coefficient (Wildman–Crippen LogP) is 2.67. The van der Waals surface area contributed by atoms with Gasteiger partial charge in [-0.15, -0.1) is 0 Å². The molecule has 3 saturated heterocycles. The van der Waals surface area contributed by atoms with Gasteiger partial charge in [0.05, 0.1) is 18.6 Å². The Hall–Kier alpha value is -3.33. The molecule has 246 valence electrons. The Bertz CT molecular complexity index is 1180. The van der Waals surface area contributed by atoms with Gasteiger partial charge in [0.2, 0.25) is 23.5 Å². The third-order valence-corrected chi connectivity index (χ3v) is 8.96. The van der Waals surface area contributed by atoms with Crippen molar-refractivity contribution in [3.05, 3.63) is 11.9 Å².